The first-order valence-corrected chi connectivity index (χ1v) is 10.0. The molecule has 2 aliphatic rings. The lowest BCUT2D eigenvalue weighted by molar-refractivity contribution is -0.0557. The number of ether oxygens (including phenoxy) is 3. The molecule has 3 rings (SSSR count). The molecule has 0 bridgehead atoms. The summed E-state index contributed by atoms with van der Waals surface area (Å²) >= 11 is 0. The van der Waals surface area contributed by atoms with Gasteiger partial charge in [-0.2, -0.15) is 8.78 Å². The molecule has 2 fully saturated rings. The summed E-state index contributed by atoms with van der Waals surface area (Å²) in [6.45, 7) is 3.07. The monoisotopic (exact) mass is 380 g/mol. The van der Waals surface area contributed by atoms with Crippen molar-refractivity contribution in [3.8, 4) is 11.5 Å². The molecule has 2 unspecified atom stereocenters. The molecule has 1 heterocycles. The van der Waals surface area contributed by atoms with Gasteiger partial charge in [-0.1, -0.05) is 12.2 Å². The van der Waals surface area contributed by atoms with Gasteiger partial charge in [-0.3, -0.25) is 0 Å². The molecule has 27 heavy (non-hydrogen) atoms. The average molecular weight is 380 g/mol. The van der Waals surface area contributed by atoms with Crippen molar-refractivity contribution in [2.75, 3.05) is 20.3 Å². The van der Waals surface area contributed by atoms with Crippen LogP contribution in [-0.2, 0) is 4.74 Å². The molecular weight excluding hydrogens is 350 g/mol. The van der Waals surface area contributed by atoms with Gasteiger partial charge in [0.05, 0.1) is 19.8 Å². The van der Waals surface area contributed by atoms with E-state index in [4.69, 9.17) is 14.2 Å². The molecular formula is C22H30F2O3. The van der Waals surface area contributed by atoms with Gasteiger partial charge in [0.2, 0.25) is 11.6 Å². The van der Waals surface area contributed by atoms with Crippen LogP contribution in [0, 0.1) is 29.4 Å². The van der Waals surface area contributed by atoms with Crippen molar-refractivity contribution in [2.45, 2.75) is 51.6 Å². The van der Waals surface area contributed by atoms with E-state index in [2.05, 4.69) is 19.1 Å². The van der Waals surface area contributed by atoms with Crippen LogP contribution in [0.5, 0.6) is 11.5 Å². The Morgan fingerprint density at radius 1 is 1.00 bits per heavy atom. The molecule has 0 aromatic heterocycles. The SMILES string of the molecule is C/C=C/C1CCC(C2CCC(COc3ccc(OC)c(F)c3F)OC2)CC1. The zero-order chi connectivity index (χ0) is 19.2. The lowest BCUT2D eigenvalue weighted by atomic mass is 9.74. The third kappa shape index (κ3) is 5.01. The van der Waals surface area contributed by atoms with Gasteiger partial charge in [0, 0.05) is 0 Å². The van der Waals surface area contributed by atoms with E-state index >= 15 is 0 Å². The molecule has 1 aliphatic carbocycles. The van der Waals surface area contributed by atoms with Crippen molar-refractivity contribution in [2.24, 2.45) is 17.8 Å². The summed E-state index contributed by atoms with van der Waals surface area (Å²) in [7, 11) is 1.30. The molecule has 0 radical (unpaired) electrons. The van der Waals surface area contributed by atoms with E-state index < -0.39 is 11.6 Å². The van der Waals surface area contributed by atoms with Gasteiger partial charge in [-0.15, -0.1) is 0 Å². The first-order chi connectivity index (χ1) is 13.1. The van der Waals surface area contributed by atoms with Crippen LogP contribution >= 0.6 is 0 Å². The summed E-state index contributed by atoms with van der Waals surface area (Å²) in [6, 6.07) is 2.77. The summed E-state index contributed by atoms with van der Waals surface area (Å²) in [6.07, 6.45) is 11.6. The number of hydrogen-bond donors (Lipinski definition) is 0. The molecule has 1 aromatic carbocycles. The summed E-state index contributed by atoms with van der Waals surface area (Å²) in [5, 5.41) is 0. The van der Waals surface area contributed by atoms with Crippen LogP contribution in [0.4, 0.5) is 8.78 Å². The molecule has 2 atom stereocenters. The fourth-order valence-corrected chi connectivity index (χ4v) is 4.38. The standard InChI is InChI=1S/C22H30F2O3/c1-3-4-15-5-7-16(8-6-15)17-9-10-18(26-13-17)14-27-20-12-11-19(25-2)21(23)22(20)24/h3-4,11-12,15-18H,5-10,13-14H2,1-2H3/b4-3+. The van der Waals surface area contributed by atoms with E-state index in [-0.39, 0.29) is 24.2 Å². The Morgan fingerprint density at radius 2 is 1.67 bits per heavy atom. The van der Waals surface area contributed by atoms with Crippen molar-refractivity contribution in [3.63, 3.8) is 0 Å². The Labute approximate surface area is 160 Å². The first kappa shape index (κ1) is 20.1. The highest BCUT2D eigenvalue weighted by molar-refractivity contribution is 5.34. The zero-order valence-corrected chi connectivity index (χ0v) is 16.3. The van der Waals surface area contributed by atoms with E-state index in [0.717, 1.165) is 31.3 Å². The van der Waals surface area contributed by atoms with Crippen LogP contribution in [0.3, 0.4) is 0 Å². The zero-order valence-electron chi connectivity index (χ0n) is 16.3. The second-order valence-corrected chi connectivity index (χ2v) is 7.70. The maximum atomic E-state index is 14.0. The highest BCUT2D eigenvalue weighted by atomic mass is 19.2. The smallest absolute Gasteiger partial charge is 0.204 e. The van der Waals surface area contributed by atoms with E-state index in [1.54, 1.807) is 0 Å². The molecule has 0 spiro atoms. The Morgan fingerprint density at radius 3 is 2.30 bits per heavy atom. The molecule has 1 aliphatic heterocycles. The topological polar surface area (TPSA) is 27.7 Å². The van der Waals surface area contributed by atoms with Crippen LogP contribution in [0.25, 0.3) is 0 Å². The number of allylic oxidation sites excluding steroid dienone is 2. The second-order valence-electron chi connectivity index (χ2n) is 7.70. The normalized spacial score (nSPS) is 29.0. The predicted molar refractivity (Wildman–Crippen MR) is 101 cm³/mol. The van der Waals surface area contributed by atoms with Crippen LogP contribution < -0.4 is 9.47 Å². The van der Waals surface area contributed by atoms with Gasteiger partial charge in [0.15, 0.2) is 11.5 Å². The molecule has 1 aromatic rings. The summed E-state index contributed by atoms with van der Waals surface area (Å²) in [5.41, 5.74) is 0. The number of benzene rings is 1. The predicted octanol–water partition coefficient (Wildman–Crippen LogP) is 5.53. The first-order valence-electron chi connectivity index (χ1n) is 10.0. The fourth-order valence-electron chi connectivity index (χ4n) is 4.38. The van der Waals surface area contributed by atoms with E-state index in [1.807, 2.05) is 0 Å². The molecule has 1 saturated carbocycles. The van der Waals surface area contributed by atoms with E-state index in [0.29, 0.717) is 5.92 Å². The van der Waals surface area contributed by atoms with Gasteiger partial charge in [0.25, 0.3) is 0 Å². The Kier molecular flexibility index (Phi) is 7.11. The lowest BCUT2D eigenvalue weighted by Gasteiger charge is -2.37. The van der Waals surface area contributed by atoms with E-state index in [1.165, 1.54) is 44.9 Å². The molecule has 3 nitrogen and oxygen atoms in total. The summed E-state index contributed by atoms with van der Waals surface area (Å²) < 4.78 is 43.9. The average Bonchev–Trinajstić information content (AvgIpc) is 2.70. The van der Waals surface area contributed by atoms with Crippen LogP contribution in [-0.4, -0.2) is 26.4 Å². The molecule has 150 valence electrons. The van der Waals surface area contributed by atoms with Crippen molar-refractivity contribution in [1.82, 2.24) is 0 Å². The van der Waals surface area contributed by atoms with Gasteiger partial charge in [0.1, 0.15) is 6.61 Å². The van der Waals surface area contributed by atoms with Gasteiger partial charge in [-0.05, 0) is 75.3 Å². The van der Waals surface area contributed by atoms with Gasteiger partial charge >= 0.3 is 0 Å². The van der Waals surface area contributed by atoms with Crippen LogP contribution in [0.2, 0.25) is 0 Å². The Bertz CT molecular complexity index is 631. The van der Waals surface area contributed by atoms with E-state index in [9.17, 15) is 8.78 Å². The number of halogens is 2. The van der Waals surface area contributed by atoms with Gasteiger partial charge < -0.3 is 14.2 Å². The molecule has 0 amide bonds. The maximum absolute atomic E-state index is 14.0. The molecule has 5 heteroatoms. The van der Waals surface area contributed by atoms with Crippen LogP contribution in [0.1, 0.15) is 45.4 Å². The second kappa shape index (κ2) is 9.54. The van der Waals surface area contributed by atoms with Crippen molar-refractivity contribution >= 4 is 0 Å². The number of hydrogen-bond acceptors (Lipinski definition) is 3. The minimum absolute atomic E-state index is 0.0647. The molecule has 1 saturated heterocycles. The summed E-state index contributed by atoms with van der Waals surface area (Å²) in [4.78, 5) is 0. The van der Waals surface area contributed by atoms with Crippen molar-refractivity contribution in [3.05, 3.63) is 35.9 Å². The number of methoxy groups -OCH3 is 1. The Hall–Kier alpha value is -1.62. The highest BCUT2D eigenvalue weighted by Crippen LogP contribution is 2.38. The quantitative estimate of drug-likeness (QED) is 0.607. The molecule has 0 N–H and O–H groups in total. The highest BCUT2D eigenvalue weighted by Gasteiger charge is 2.31. The largest absolute Gasteiger partial charge is 0.494 e. The minimum atomic E-state index is -1.02. The van der Waals surface area contributed by atoms with Crippen molar-refractivity contribution < 1.29 is 23.0 Å². The maximum Gasteiger partial charge on any atom is 0.204 e. The number of rotatable bonds is 6. The Balaban J connectivity index is 1.43. The van der Waals surface area contributed by atoms with Gasteiger partial charge in [-0.25, -0.2) is 0 Å². The fraction of sp³-hybridized carbons (Fsp3) is 0.636. The minimum Gasteiger partial charge on any atom is -0.494 e. The third-order valence-corrected chi connectivity index (χ3v) is 6.01. The third-order valence-electron chi connectivity index (χ3n) is 6.01. The van der Waals surface area contributed by atoms with Crippen LogP contribution in [0.15, 0.2) is 24.3 Å². The lowest BCUT2D eigenvalue weighted by Crippen LogP contribution is -2.35. The summed E-state index contributed by atoms with van der Waals surface area (Å²) in [5.74, 6) is -0.141. The van der Waals surface area contributed by atoms with Crippen molar-refractivity contribution in [1.29, 1.82) is 0 Å².